The van der Waals surface area contributed by atoms with E-state index in [1.807, 2.05) is 37.4 Å². The van der Waals surface area contributed by atoms with Crippen molar-refractivity contribution in [2.75, 3.05) is 12.4 Å². The number of methoxy groups -OCH3 is 1. The number of ether oxygens (including phenoxy) is 1. The number of aromatic nitrogens is 2. The Morgan fingerprint density at radius 1 is 1.07 bits per heavy atom. The van der Waals surface area contributed by atoms with E-state index in [9.17, 15) is 5.11 Å². The Labute approximate surface area is 174 Å². The molecule has 1 unspecified atom stereocenters. The van der Waals surface area contributed by atoms with Gasteiger partial charge in [0, 0.05) is 18.3 Å². The van der Waals surface area contributed by atoms with E-state index < -0.39 is 6.23 Å². The van der Waals surface area contributed by atoms with Crippen molar-refractivity contribution < 1.29 is 9.84 Å². The molecular formula is C23H23N3O2S. The fraction of sp³-hybridized carbons (Fsp3) is 0.217. The first-order valence-corrected chi connectivity index (χ1v) is 10.3. The summed E-state index contributed by atoms with van der Waals surface area (Å²) in [6.45, 7) is 4.06. The van der Waals surface area contributed by atoms with Gasteiger partial charge in [-0.3, -0.25) is 4.98 Å². The van der Waals surface area contributed by atoms with E-state index in [0.29, 0.717) is 11.6 Å². The van der Waals surface area contributed by atoms with Crippen LogP contribution >= 0.6 is 11.3 Å². The highest BCUT2D eigenvalue weighted by molar-refractivity contribution is 7.22. The van der Waals surface area contributed by atoms with Crippen LogP contribution in [-0.2, 0) is 6.42 Å². The van der Waals surface area contributed by atoms with E-state index in [0.717, 1.165) is 43.9 Å². The molecule has 0 saturated carbocycles. The average Bonchev–Trinajstić information content (AvgIpc) is 3.10. The van der Waals surface area contributed by atoms with E-state index in [1.165, 1.54) is 11.3 Å². The number of aliphatic hydroxyl groups excluding tert-OH is 1. The quantitative estimate of drug-likeness (QED) is 0.444. The van der Waals surface area contributed by atoms with Crippen LogP contribution < -0.4 is 10.1 Å². The molecule has 29 heavy (non-hydrogen) atoms. The number of thiazole rings is 1. The summed E-state index contributed by atoms with van der Waals surface area (Å²) in [5.74, 6) is 0.799. The second kappa shape index (κ2) is 8.19. The topological polar surface area (TPSA) is 67.3 Å². The molecule has 2 aromatic carbocycles. The Morgan fingerprint density at radius 2 is 1.90 bits per heavy atom. The number of hydrogen-bond donors (Lipinski definition) is 2. The lowest BCUT2D eigenvalue weighted by Crippen LogP contribution is -2.21. The molecule has 148 valence electrons. The number of rotatable bonds is 6. The number of hydrogen-bond acceptors (Lipinski definition) is 6. The zero-order chi connectivity index (χ0) is 20.4. The van der Waals surface area contributed by atoms with Gasteiger partial charge in [0.05, 0.1) is 17.3 Å². The van der Waals surface area contributed by atoms with Crippen molar-refractivity contribution in [3.8, 4) is 16.9 Å². The van der Waals surface area contributed by atoms with E-state index >= 15 is 0 Å². The van der Waals surface area contributed by atoms with Crippen LogP contribution in [0, 0.1) is 13.8 Å². The maximum Gasteiger partial charge on any atom is 0.185 e. The molecule has 0 spiro atoms. The van der Waals surface area contributed by atoms with Gasteiger partial charge in [0.2, 0.25) is 0 Å². The molecule has 1 atom stereocenters. The highest BCUT2D eigenvalue weighted by atomic mass is 32.1. The SMILES string of the molecule is COc1ccc2nc(NC(O)Cc3ccc(-c4ccnc(C)c4)cc3C)sc2c1. The number of aliphatic hydroxyl groups is 1. The van der Waals surface area contributed by atoms with Crippen LogP contribution in [0.4, 0.5) is 5.13 Å². The second-order valence-electron chi connectivity index (χ2n) is 7.04. The number of nitrogens with one attached hydrogen (secondary N) is 1. The molecule has 0 aliphatic carbocycles. The minimum absolute atomic E-state index is 0.501. The Hall–Kier alpha value is -2.96. The second-order valence-corrected chi connectivity index (χ2v) is 8.07. The van der Waals surface area contributed by atoms with Gasteiger partial charge in [-0.05, 0) is 66.4 Å². The third-order valence-corrected chi connectivity index (χ3v) is 5.82. The van der Waals surface area contributed by atoms with Gasteiger partial charge < -0.3 is 15.2 Å². The number of benzene rings is 2. The fourth-order valence-electron chi connectivity index (χ4n) is 3.33. The summed E-state index contributed by atoms with van der Waals surface area (Å²) >= 11 is 1.50. The third kappa shape index (κ3) is 4.39. The summed E-state index contributed by atoms with van der Waals surface area (Å²) in [5.41, 5.74) is 6.43. The maximum absolute atomic E-state index is 10.6. The summed E-state index contributed by atoms with van der Waals surface area (Å²) < 4.78 is 6.28. The zero-order valence-corrected chi connectivity index (χ0v) is 17.5. The average molecular weight is 406 g/mol. The van der Waals surface area contributed by atoms with Gasteiger partial charge in [-0.2, -0.15) is 0 Å². The first-order valence-electron chi connectivity index (χ1n) is 9.43. The van der Waals surface area contributed by atoms with E-state index in [4.69, 9.17) is 4.74 Å². The summed E-state index contributed by atoms with van der Waals surface area (Å²) in [6.07, 6.45) is 1.61. The summed E-state index contributed by atoms with van der Waals surface area (Å²) in [6, 6.07) is 16.2. The number of fused-ring (bicyclic) bond motifs is 1. The molecule has 2 heterocycles. The van der Waals surface area contributed by atoms with Gasteiger partial charge in [-0.1, -0.05) is 29.5 Å². The predicted molar refractivity (Wildman–Crippen MR) is 119 cm³/mol. The Bertz CT molecular complexity index is 1160. The lowest BCUT2D eigenvalue weighted by atomic mass is 9.98. The van der Waals surface area contributed by atoms with Crippen molar-refractivity contribution in [2.24, 2.45) is 0 Å². The predicted octanol–water partition coefficient (Wildman–Crippen LogP) is 4.96. The molecule has 0 amide bonds. The molecule has 0 fully saturated rings. The van der Waals surface area contributed by atoms with Gasteiger partial charge in [-0.25, -0.2) is 4.98 Å². The molecule has 6 heteroatoms. The Balaban J connectivity index is 1.47. The van der Waals surface area contributed by atoms with Gasteiger partial charge in [0.15, 0.2) is 5.13 Å². The maximum atomic E-state index is 10.6. The minimum atomic E-state index is -0.717. The van der Waals surface area contributed by atoms with Crippen LogP contribution in [0.15, 0.2) is 54.7 Å². The summed E-state index contributed by atoms with van der Waals surface area (Å²) in [7, 11) is 1.65. The molecular weight excluding hydrogens is 382 g/mol. The van der Waals surface area contributed by atoms with Gasteiger partial charge in [-0.15, -0.1) is 0 Å². The van der Waals surface area contributed by atoms with Crippen molar-refractivity contribution in [3.05, 3.63) is 71.5 Å². The van der Waals surface area contributed by atoms with Gasteiger partial charge in [0.25, 0.3) is 0 Å². The van der Waals surface area contributed by atoms with E-state index in [1.54, 1.807) is 7.11 Å². The van der Waals surface area contributed by atoms with Crippen molar-refractivity contribution in [3.63, 3.8) is 0 Å². The first-order chi connectivity index (χ1) is 14.0. The number of pyridine rings is 1. The number of anilines is 1. The molecule has 5 nitrogen and oxygen atoms in total. The van der Waals surface area contributed by atoms with Crippen LogP contribution in [0.2, 0.25) is 0 Å². The summed E-state index contributed by atoms with van der Waals surface area (Å²) in [5, 5.41) is 14.4. The lowest BCUT2D eigenvalue weighted by Gasteiger charge is -2.14. The molecule has 4 rings (SSSR count). The largest absolute Gasteiger partial charge is 0.497 e. The smallest absolute Gasteiger partial charge is 0.185 e. The monoisotopic (exact) mass is 405 g/mol. The molecule has 0 saturated heterocycles. The van der Waals surface area contributed by atoms with Crippen molar-refractivity contribution in [1.82, 2.24) is 9.97 Å². The Kier molecular flexibility index (Phi) is 5.47. The van der Waals surface area contributed by atoms with Crippen molar-refractivity contribution in [2.45, 2.75) is 26.5 Å². The third-order valence-electron chi connectivity index (χ3n) is 4.87. The first kappa shape index (κ1) is 19.4. The number of aryl methyl sites for hydroxylation is 2. The lowest BCUT2D eigenvalue weighted by molar-refractivity contribution is 0.204. The normalized spacial score (nSPS) is 12.1. The van der Waals surface area contributed by atoms with Crippen molar-refractivity contribution in [1.29, 1.82) is 0 Å². The zero-order valence-electron chi connectivity index (χ0n) is 16.6. The molecule has 0 aliphatic heterocycles. The van der Waals surface area contributed by atoms with Crippen LogP contribution in [0.5, 0.6) is 5.75 Å². The van der Waals surface area contributed by atoms with Crippen LogP contribution in [0.25, 0.3) is 21.3 Å². The van der Waals surface area contributed by atoms with Crippen LogP contribution in [0.3, 0.4) is 0 Å². The van der Waals surface area contributed by atoms with Crippen LogP contribution in [0.1, 0.15) is 16.8 Å². The van der Waals surface area contributed by atoms with E-state index in [2.05, 4.69) is 46.5 Å². The molecule has 2 N–H and O–H groups in total. The molecule has 2 aromatic heterocycles. The molecule has 4 aromatic rings. The minimum Gasteiger partial charge on any atom is -0.497 e. The number of nitrogens with zero attached hydrogens (tertiary/aromatic N) is 2. The summed E-state index contributed by atoms with van der Waals surface area (Å²) in [4.78, 5) is 8.80. The van der Waals surface area contributed by atoms with Gasteiger partial charge in [0.1, 0.15) is 12.0 Å². The van der Waals surface area contributed by atoms with E-state index in [-0.39, 0.29) is 0 Å². The Morgan fingerprint density at radius 3 is 2.66 bits per heavy atom. The van der Waals surface area contributed by atoms with Crippen molar-refractivity contribution >= 4 is 26.7 Å². The molecule has 0 radical (unpaired) electrons. The van der Waals surface area contributed by atoms with Crippen LogP contribution in [-0.4, -0.2) is 28.4 Å². The molecule has 0 bridgehead atoms. The highest BCUT2D eigenvalue weighted by Gasteiger charge is 2.12. The van der Waals surface area contributed by atoms with Gasteiger partial charge >= 0.3 is 0 Å². The standard InChI is InChI=1S/C23H23N3O2S/c1-14-10-17(18-8-9-24-15(2)11-18)5-4-16(14)12-22(27)26-23-25-20-7-6-19(28-3)13-21(20)29-23/h4-11,13,22,27H,12H2,1-3H3,(H,25,26). The highest BCUT2D eigenvalue weighted by Crippen LogP contribution is 2.30. The molecule has 0 aliphatic rings. The fourth-order valence-corrected chi connectivity index (χ4v) is 4.27.